The van der Waals surface area contributed by atoms with E-state index >= 15 is 0 Å². The molecule has 0 radical (unpaired) electrons. The monoisotopic (exact) mass is 242 g/mol. The lowest BCUT2D eigenvalue weighted by Gasteiger charge is -2.37. The summed E-state index contributed by atoms with van der Waals surface area (Å²) < 4.78 is 0. The number of carboxylic acid groups (broad SMARTS) is 1. The van der Waals surface area contributed by atoms with Crippen molar-refractivity contribution in [1.82, 2.24) is 5.32 Å². The number of rotatable bonds is 7. The van der Waals surface area contributed by atoms with Crippen molar-refractivity contribution in [3.05, 3.63) is 0 Å². The summed E-state index contributed by atoms with van der Waals surface area (Å²) in [6, 6.07) is 0. The van der Waals surface area contributed by atoms with Gasteiger partial charge in [0, 0.05) is 18.5 Å². The van der Waals surface area contributed by atoms with Crippen molar-refractivity contribution in [2.75, 3.05) is 6.54 Å². The van der Waals surface area contributed by atoms with Gasteiger partial charge in [0.05, 0.1) is 5.92 Å². The molecule has 0 aromatic carbocycles. The molecule has 0 spiro atoms. The average Bonchev–Trinajstić information content (AvgIpc) is 2.21. The standard InChI is InChI=1S/C12H22N2O3/c1-9(11(16)17)4-2-7-14-10(15)8-12(13)5-3-6-12/h9H,2-8,13H2,1H3,(H,14,15)(H,16,17). The number of aliphatic carboxylic acids is 1. The highest BCUT2D eigenvalue weighted by molar-refractivity contribution is 5.77. The van der Waals surface area contributed by atoms with Crippen LogP contribution >= 0.6 is 0 Å². The van der Waals surface area contributed by atoms with E-state index in [-0.39, 0.29) is 17.4 Å². The summed E-state index contributed by atoms with van der Waals surface area (Å²) in [6.07, 6.45) is 4.63. The summed E-state index contributed by atoms with van der Waals surface area (Å²) in [7, 11) is 0. The van der Waals surface area contributed by atoms with Gasteiger partial charge in [-0.2, -0.15) is 0 Å². The van der Waals surface area contributed by atoms with Crippen LogP contribution in [0.3, 0.4) is 0 Å². The fourth-order valence-corrected chi connectivity index (χ4v) is 1.95. The van der Waals surface area contributed by atoms with E-state index in [4.69, 9.17) is 10.8 Å². The van der Waals surface area contributed by atoms with E-state index in [0.29, 0.717) is 25.8 Å². The average molecular weight is 242 g/mol. The van der Waals surface area contributed by atoms with Crippen molar-refractivity contribution in [2.24, 2.45) is 11.7 Å². The number of nitrogens with two attached hydrogens (primary N) is 1. The fourth-order valence-electron chi connectivity index (χ4n) is 1.95. The minimum Gasteiger partial charge on any atom is -0.481 e. The predicted octanol–water partition coefficient (Wildman–Crippen LogP) is 0.875. The molecule has 1 rings (SSSR count). The Morgan fingerprint density at radius 2 is 2.12 bits per heavy atom. The molecule has 1 fully saturated rings. The molecular formula is C12H22N2O3. The second kappa shape index (κ2) is 6.00. The Kier molecular flexibility index (Phi) is 4.93. The zero-order chi connectivity index (χ0) is 12.9. The summed E-state index contributed by atoms with van der Waals surface area (Å²) >= 11 is 0. The molecule has 1 unspecified atom stereocenters. The molecule has 98 valence electrons. The van der Waals surface area contributed by atoms with Gasteiger partial charge in [-0.15, -0.1) is 0 Å². The number of hydrogen-bond donors (Lipinski definition) is 3. The molecule has 17 heavy (non-hydrogen) atoms. The highest BCUT2D eigenvalue weighted by atomic mass is 16.4. The number of hydrogen-bond acceptors (Lipinski definition) is 3. The van der Waals surface area contributed by atoms with Gasteiger partial charge in [0.15, 0.2) is 0 Å². The molecule has 1 amide bonds. The number of nitrogens with one attached hydrogen (secondary N) is 1. The summed E-state index contributed by atoms with van der Waals surface area (Å²) in [4.78, 5) is 22.1. The Balaban J connectivity index is 2.06. The van der Waals surface area contributed by atoms with Crippen LogP contribution in [-0.2, 0) is 9.59 Å². The van der Waals surface area contributed by atoms with Gasteiger partial charge in [-0.05, 0) is 32.1 Å². The van der Waals surface area contributed by atoms with Gasteiger partial charge in [0.2, 0.25) is 5.91 Å². The van der Waals surface area contributed by atoms with Crippen molar-refractivity contribution in [3.8, 4) is 0 Å². The summed E-state index contributed by atoms with van der Waals surface area (Å²) in [6.45, 7) is 2.21. The second-order valence-corrected chi connectivity index (χ2v) is 5.12. The van der Waals surface area contributed by atoms with Crippen molar-refractivity contribution < 1.29 is 14.7 Å². The smallest absolute Gasteiger partial charge is 0.306 e. The van der Waals surface area contributed by atoms with Crippen LogP contribution in [0.1, 0.15) is 45.4 Å². The van der Waals surface area contributed by atoms with E-state index < -0.39 is 5.97 Å². The maximum absolute atomic E-state index is 11.5. The molecule has 0 saturated heterocycles. The highest BCUT2D eigenvalue weighted by Crippen LogP contribution is 2.31. The van der Waals surface area contributed by atoms with Gasteiger partial charge >= 0.3 is 5.97 Å². The maximum atomic E-state index is 11.5. The van der Waals surface area contributed by atoms with E-state index in [1.165, 1.54) is 0 Å². The van der Waals surface area contributed by atoms with E-state index in [0.717, 1.165) is 19.3 Å². The molecule has 0 heterocycles. The molecule has 0 aliphatic heterocycles. The quantitative estimate of drug-likeness (QED) is 0.578. The van der Waals surface area contributed by atoms with Gasteiger partial charge in [-0.3, -0.25) is 9.59 Å². The first-order valence-electron chi connectivity index (χ1n) is 6.21. The fraction of sp³-hybridized carbons (Fsp3) is 0.833. The van der Waals surface area contributed by atoms with E-state index in [9.17, 15) is 9.59 Å². The summed E-state index contributed by atoms with van der Waals surface area (Å²) in [5.41, 5.74) is 5.68. The van der Waals surface area contributed by atoms with Crippen LogP contribution in [0.15, 0.2) is 0 Å². The van der Waals surface area contributed by atoms with Crippen LogP contribution in [0, 0.1) is 5.92 Å². The normalized spacial score (nSPS) is 19.2. The Labute approximate surface area is 102 Å². The molecule has 1 saturated carbocycles. The van der Waals surface area contributed by atoms with Crippen molar-refractivity contribution in [3.63, 3.8) is 0 Å². The molecule has 1 aliphatic rings. The van der Waals surface area contributed by atoms with Crippen LogP contribution in [0.4, 0.5) is 0 Å². The molecule has 1 atom stereocenters. The molecule has 0 bridgehead atoms. The van der Waals surface area contributed by atoms with Crippen LogP contribution in [0.5, 0.6) is 0 Å². The summed E-state index contributed by atoms with van der Waals surface area (Å²) in [5.74, 6) is -1.15. The lowest BCUT2D eigenvalue weighted by molar-refractivity contribution is -0.141. The molecule has 1 aliphatic carbocycles. The van der Waals surface area contributed by atoms with Gasteiger partial charge in [0.1, 0.15) is 0 Å². The molecule has 5 nitrogen and oxygen atoms in total. The van der Waals surface area contributed by atoms with Gasteiger partial charge in [-0.25, -0.2) is 0 Å². The SMILES string of the molecule is CC(CCCNC(=O)CC1(N)CCC1)C(=O)O. The van der Waals surface area contributed by atoms with E-state index in [1.54, 1.807) is 6.92 Å². The summed E-state index contributed by atoms with van der Waals surface area (Å²) in [5, 5.41) is 11.5. The number of amides is 1. The van der Waals surface area contributed by atoms with Crippen molar-refractivity contribution in [2.45, 2.75) is 51.0 Å². The first-order valence-corrected chi connectivity index (χ1v) is 6.21. The minimum atomic E-state index is -0.785. The zero-order valence-electron chi connectivity index (χ0n) is 10.4. The Bertz CT molecular complexity index is 287. The van der Waals surface area contributed by atoms with Crippen molar-refractivity contribution in [1.29, 1.82) is 0 Å². The van der Waals surface area contributed by atoms with Crippen LogP contribution < -0.4 is 11.1 Å². The van der Waals surface area contributed by atoms with Crippen molar-refractivity contribution >= 4 is 11.9 Å². The largest absolute Gasteiger partial charge is 0.481 e. The van der Waals surface area contributed by atoms with Gasteiger partial charge < -0.3 is 16.2 Å². The number of carbonyl (C=O) groups is 2. The Morgan fingerprint density at radius 3 is 2.59 bits per heavy atom. The van der Waals surface area contributed by atoms with E-state index in [1.807, 2.05) is 0 Å². The lowest BCUT2D eigenvalue weighted by Crippen LogP contribution is -2.50. The van der Waals surface area contributed by atoms with Crippen LogP contribution in [0.25, 0.3) is 0 Å². The van der Waals surface area contributed by atoms with Gasteiger partial charge in [0.25, 0.3) is 0 Å². The zero-order valence-corrected chi connectivity index (χ0v) is 10.4. The first kappa shape index (κ1) is 14.0. The topological polar surface area (TPSA) is 92.4 Å². The van der Waals surface area contributed by atoms with E-state index in [2.05, 4.69) is 5.32 Å². The maximum Gasteiger partial charge on any atom is 0.306 e. The second-order valence-electron chi connectivity index (χ2n) is 5.12. The first-order chi connectivity index (χ1) is 7.93. The molecule has 5 heteroatoms. The third kappa shape index (κ3) is 4.73. The molecular weight excluding hydrogens is 220 g/mol. The molecule has 4 N–H and O–H groups in total. The van der Waals surface area contributed by atoms with Crippen LogP contribution in [-0.4, -0.2) is 29.1 Å². The van der Waals surface area contributed by atoms with Gasteiger partial charge in [-0.1, -0.05) is 6.92 Å². The molecule has 0 aromatic heterocycles. The third-order valence-corrected chi connectivity index (χ3v) is 3.42. The van der Waals surface area contributed by atoms with Crippen LogP contribution in [0.2, 0.25) is 0 Å². The minimum absolute atomic E-state index is 0.0184. The third-order valence-electron chi connectivity index (χ3n) is 3.42. The Morgan fingerprint density at radius 1 is 1.47 bits per heavy atom. The number of carbonyl (C=O) groups excluding carboxylic acids is 1. The molecule has 0 aromatic rings. The highest BCUT2D eigenvalue weighted by Gasteiger charge is 2.34. The predicted molar refractivity (Wildman–Crippen MR) is 64.4 cm³/mol. The Hall–Kier alpha value is -1.10. The lowest BCUT2D eigenvalue weighted by atomic mass is 9.75. The number of carboxylic acids is 1.